The molecule has 2 aromatic heterocycles. The maximum atomic E-state index is 11.0. The lowest BCUT2D eigenvalue weighted by Gasteiger charge is -2.35. The van der Waals surface area contributed by atoms with E-state index in [1.54, 1.807) is 31.9 Å². The molecule has 3 heterocycles. The number of aromatic nitrogens is 2. The number of aliphatic hydroxyl groups excluding tert-OH is 1. The fraction of sp³-hybridized carbons (Fsp3) is 0.217. The van der Waals surface area contributed by atoms with Crippen molar-refractivity contribution in [2.45, 2.75) is 12.6 Å². The third-order valence-electron chi connectivity index (χ3n) is 5.52. The molecule has 30 heavy (non-hydrogen) atoms. The Hall–Kier alpha value is -3.16. The molecule has 0 amide bonds. The largest absolute Gasteiger partial charge is 0.496 e. The van der Waals surface area contributed by atoms with Crippen molar-refractivity contribution in [1.82, 2.24) is 9.97 Å². The molecule has 6 nitrogen and oxygen atoms in total. The summed E-state index contributed by atoms with van der Waals surface area (Å²) in [6.07, 6.45) is 0.871. The first-order chi connectivity index (χ1) is 14.7. The zero-order chi connectivity index (χ0) is 20.7. The molecule has 0 saturated heterocycles. The number of benzene rings is 2. The van der Waals surface area contributed by atoms with E-state index in [2.05, 4.69) is 32.4 Å². The average Bonchev–Trinajstić information content (AvgIpc) is 3.23. The average molecular weight is 420 g/mol. The van der Waals surface area contributed by atoms with Crippen molar-refractivity contribution in [3.8, 4) is 22.6 Å². The Bertz CT molecular complexity index is 1210. The molecule has 0 radical (unpaired) electrons. The molecule has 5 rings (SSSR count). The summed E-state index contributed by atoms with van der Waals surface area (Å²) in [7, 11) is 3.26. The van der Waals surface area contributed by atoms with Crippen LogP contribution in [0.2, 0.25) is 0 Å². The highest BCUT2D eigenvalue weighted by molar-refractivity contribution is 7.17. The van der Waals surface area contributed by atoms with Crippen LogP contribution in [0.1, 0.15) is 17.2 Å². The third kappa shape index (κ3) is 2.98. The first kappa shape index (κ1) is 18.8. The molecular formula is C23H21N3O3S. The highest BCUT2D eigenvalue weighted by Gasteiger charge is 2.31. The number of nitrogens with zero attached hydrogens (tertiary/aromatic N) is 3. The smallest absolute Gasteiger partial charge is 0.141 e. The molecule has 0 fully saturated rings. The van der Waals surface area contributed by atoms with Crippen LogP contribution in [0.3, 0.4) is 0 Å². The minimum atomic E-state index is -0.720. The second-order valence-electron chi connectivity index (χ2n) is 7.15. The molecule has 1 aliphatic rings. The number of rotatable bonds is 4. The van der Waals surface area contributed by atoms with Gasteiger partial charge in [0.05, 0.1) is 26.2 Å². The Labute approximate surface area is 178 Å². The van der Waals surface area contributed by atoms with Crippen molar-refractivity contribution in [2.75, 3.05) is 25.7 Å². The van der Waals surface area contributed by atoms with E-state index in [1.165, 1.54) is 0 Å². The Morgan fingerprint density at radius 2 is 1.80 bits per heavy atom. The number of β-amino-alcohol motifs (C(OH)–C–C–N with tert-alkyl or cyclic N) is 1. The summed E-state index contributed by atoms with van der Waals surface area (Å²) in [6.45, 7) is 0.968. The van der Waals surface area contributed by atoms with E-state index in [4.69, 9.17) is 9.47 Å². The summed E-state index contributed by atoms with van der Waals surface area (Å²) in [5.41, 5.74) is 3.92. The van der Waals surface area contributed by atoms with E-state index in [9.17, 15) is 5.11 Å². The molecule has 2 aromatic carbocycles. The van der Waals surface area contributed by atoms with Crippen molar-refractivity contribution >= 4 is 27.4 Å². The summed E-state index contributed by atoms with van der Waals surface area (Å²) in [4.78, 5) is 12.1. The predicted octanol–water partition coefficient (Wildman–Crippen LogP) is 4.43. The minimum absolute atomic E-state index is 0.409. The summed E-state index contributed by atoms with van der Waals surface area (Å²) in [5.74, 6) is 2.22. The molecule has 7 heteroatoms. The van der Waals surface area contributed by atoms with Gasteiger partial charge >= 0.3 is 0 Å². The second kappa shape index (κ2) is 7.59. The lowest BCUT2D eigenvalue weighted by molar-refractivity contribution is 0.169. The lowest BCUT2D eigenvalue weighted by Crippen LogP contribution is -2.35. The van der Waals surface area contributed by atoms with Gasteiger partial charge in [-0.15, -0.1) is 11.3 Å². The van der Waals surface area contributed by atoms with Crippen molar-refractivity contribution in [3.63, 3.8) is 0 Å². The van der Waals surface area contributed by atoms with Crippen LogP contribution in [-0.4, -0.2) is 35.8 Å². The van der Waals surface area contributed by atoms with E-state index in [1.807, 2.05) is 30.3 Å². The number of methoxy groups -OCH3 is 2. The van der Waals surface area contributed by atoms with Crippen molar-refractivity contribution in [3.05, 3.63) is 65.3 Å². The van der Waals surface area contributed by atoms with Gasteiger partial charge in [-0.3, -0.25) is 0 Å². The van der Waals surface area contributed by atoms with Gasteiger partial charge in [-0.2, -0.15) is 0 Å². The van der Waals surface area contributed by atoms with Crippen LogP contribution in [0.4, 0.5) is 5.82 Å². The Kier molecular flexibility index (Phi) is 4.77. The first-order valence-electron chi connectivity index (χ1n) is 9.65. The van der Waals surface area contributed by atoms with Crippen LogP contribution >= 0.6 is 11.3 Å². The van der Waals surface area contributed by atoms with Crippen molar-refractivity contribution in [2.24, 2.45) is 0 Å². The Balaban J connectivity index is 1.65. The van der Waals surface area contributed by atoms with Crippen LogP contribution in [-0.2, 0) is 6.54 Å². The van der Waals surface area contributed by atoms with Gasteiger partial charge in [0, 0.05) is 28.6 Å². The fourth-order valence-electron chi connectivity index (χ4n) is 4.17. The Morgan fingerprint density at radius 3 is 2.57 bits per heavy atom. The van der Waals surface area contributed by atoms with E-state index in [0.29, 0.717) is 18.8 Å². The molecule has 1 N–H and O–H groups in total. The zero-order valence-electron chi connectivity index (χ0n) is 16.7. The summed E-state index contributed by atoms with van der Waals surface area (Å²) >= 11 is 1.60. The molecule has 0 spiro atoms. The van der Waals surface area contributed by atoms with E-state index in [0.717, 1.165) is 44.0 Å². The molecule has 1 unspecified atom stereocenters. The van der Waals surface area contributed by atoms with Crippen molar-refractivity contribution < 1.29 is 14.6 Å². The number of hydrogen-bond donors (Lipinski definition) is 1. The van der Waals surface area contributed by atoms with Crippen molar-refractivity contribution in [1.29, 1.82) is 0 Å². The number of thiophene rings is 1. The summed E-state index contributed by atoms with van der Waals surface area (Å²) in [5, 5.41) is 14.1. The highest BCUT2D eigenvalue weighted by Crippen LogP contribution is 2.43. The van der Waals surface area contributed by atoms with Gasteiger partial charge in [0.25, 0.3) is 0 Å². The van der Waals surface area contributed by atoms with E-state index < -0.39 is 6.10 Å². The van der Waals surface area contributed by atoms with E-state index in [-0.39, 0.29) is 0 Å². The molecule has 0 saturated carbocycles. The topological polar surface area (TPSA) is 67.7 Å². The first-order valence-corrected chi connectivity index (χ1v) is 10.5. The van der Waals surface area contributed by atoms with Gasteiger partial charge < -0.3 is 19.5 Å². The molecule has 1 aliphatic heterocycles. The summed E-state index contributed by atoms with van der Waals surface area (Å²) in [6, 6.07) is 14.0. The number of aliphatic hydroxyl groups is 1. The summed E-state index contributed by atoms with van der Waals surface area (Å²) < 4.78 is 11.1. The Morgan fingerprint density at radius 1 is 1.03 bits per heavy atom. The van der Waals surface area contributed by atoms with Crippen LogP contribution in [0, 0.1) is 0 Å². The molecule has 1 atom stereocenters. The van der Waals surface area contributed by atoms with Gasteiger partial charge in [-0.05, 0) is 17.7 Å². The number of hydrogen-bond acceptors (Lipinski definition) is 7. The molecule has 0 aliphatic carbocycles. The zero-order valence-corrected chi connectivity index (χ0v) is 17.5. The maximum Gasteiger partial charge on any atom is 0.141 e. The number of ether oxygens (including phenoxy) is 2. The molecule has 4 aromatic rings. The lowest BCUT2D eigenvalue weighted by atomic mass is 9.94. The van der Waals surface area contributed by atoms with Gasteiger partial charge in [0.15, 0.2) is 0 Å². The van der Waals surface area contributed by atoms with Crippen LogP contribution in [0.5, 0.6) is 11.5 Å². The predicted molar refractivity (Wildman–Crippen MR) is 118 cm³/mol. The molecular weight excluding hydrogens is 398 g/mol. The van der Waals surface area contributed by atoms with Crippen LogP contribution < -0.4 is 14.4 Å². The van der Waals surface area contributed by atoms with Gasteiger partial charge in [-0.25, -0.2) is 9.97 Å². The number of fused-ring (bicyclic) bond motifs is 2. The monoisotopic (exact) mass is 419 g/mol. The number of anilines is 1. The maximum absolute atomic E-state index is 11.0. The quantitative estimate of drug-likeness (QED) is 0.528. The van der Waals surface area contributed by atoms with E-state index >= 15 is 0 Å². The molecule has 0 bridgehead atoms. The van der Waals surface area contributed by atoms with Crippen LogP contribution in [0.25, 0.3) is 21.3 Å². The van der Waals surface area contributed by atoms with Crippen LogP contribution in [0.15, 0.2) is 54.2 Å². The minimum Gasteiger partial charge on any atom is -0.496 e. The SMILES string of the molecule is COc1ccc(OC)c2c1CN(c1ncnc3scc(-c4ccccc4)c13)CC2O. The third-order valence-corrected chi connectivity index (χ3v) is 6.41. The molecule has 152 valence electrons. The second-order valence-corrected chi connectivity index (χ2v) is 8.01. The fourth-order valence-corrected chi connectivity index (χ4v) is 5.08. The van der Waals surface area contributed by atoms with Gasteiger partial charge in [-0.1, -0.05) is 30.3 Å². The van der Waals surface area contributed by atoms with Gasteiger partial charge in [0.1, 0.15) is 34.6 Å². The normalized spacial score (nSPS) is 15.8. The highest BCUT2D eigenvalue weighted by atomic mass is 32.1. The van der Waals surface area contributed by atoms with Gasteiger partial charge in [0.2, 0.25) is 0 Å². The standard InChI is InChI=1S/C23H21N3O3S/c1-28-18-8-9-19(29-2)20-15(18)10-26(11-17(20)27)22-21-16(14-6-4-3-5-7-14)12-30-23(21)25-13-24-22/h3-9,12-13,17,27H,10-11H2,1-2H3.